The van der Waals surface area contributed by atoms with E-state index < -0.39 is 6.10 Å². The number of hydrogen-bond acceptors (Lipinski definition) is 6. The molecule has 2 fully saturated rings. The van der Waals surface area contributed by atoms with Crippen LogP contribution in [0.4, 0.5) is 0 Å². The van der Waals surface area contributed by atoms with Crippen molar-refractivity contribution in [2.75, 3.05) is 78.9 Å². The zero-order valence-electron chi connectivity index (χ0n) is 11.6. The quantitative estimate of drug-likeness (QED) is 0.603. The standard InChI is InChI=1S/C13H26N2O4/c16-13(11-15-4-8-18-9-5-15)12-19-10-3-14-1-6-17-7-2-14/h13,16H,1-12H2/t13-/m1/s1. The Morgan fingerprint density at radius 2 is 1.53 bits per heavy atom. The van der Waals surface area contributed by atoms with Gasteiger partial charge in [-0.1, -0.05) is 0 Å². The Labute approximate surface area is 115 Å². The van der Waals surface area contributed by atoms with Gasteiger partial charge in [0.1, 0.15) is 0 Å². The molecule has 19 heavy (non-hydrogen) atoms. The van der Waals surface area contributed by atoms with E-state index in [0.29, 0.717) is 19.8 Å². The molecule has 2 heterocycles. The summed E-state index contributed by atoms with van der Waals surface area (Å²) in [6.45, 7) is 9.67. The number of ether oxygens (including phenoxy) is 3. The molecule has 0 bridgehead atoms. The molecule has 1 N–H and O–H groups in total. The lowest BCUT2D eigenvalue weighted by Crippen LogP contribution is -2.42. The molecule has 0 aliphatic carbocycles. The maximum absolute atomic E-state index is 9.90. The summed E-state index contributed by atoms with van der Waals surface area (Å²) >= 11 is 0. The minimum absolute atomic E-state index is 0.400. The largest absolute Gasteiger partial charge is 0.389 e. The number of hydrogen-bond donors (Lipinski definition) is 1. The highest BCUT2D eigenvalue weighted by Crippen LogP contribution is 2.00. The number of β-amino-alcohol motifs (C(OH)–C–C–N with tert-alkyl or cyclic N) is 1. The molecule has 0 radical (unpaired) electrons. The van der Waals surface area contributed by atoms with Crippen molar-refractivity contribution in [2.24, 2.45) is 0 Å². The van der Waals surface area contributed by atoms with Crippen LogP contribution in [-0.2, 0) is 14.2 Å². The minimum atomic E-state index is -0.400. The maximum atomic E-state index is 9.90. The third-order valence-corrected chi connectivity index (χ3v) is 3.54. The number of nitrogens with zero attached hydrogens (tertiary/aromatic N) is 2. The van der Waals surface area contributed by atoms with Crippen molar-refractivity contribution in [3.8, 4) is 0 Å². The molecule has 0 aromatic rings. The highest BCUT2D eigenvalue weighted by molar-refractivity contribution is 4.67. The highest BCUT2D eigenvalue weighted by Gasteiger charge is 2.15. The van der Waals surface area contributed by atoms with E-state index in [4.69, 9.17) is 14.2 Å². The maximum Gasteiger partial charge on any atom is 0.0900 e. The van der Waals surface area contributed by atoms with Crippen molar-refractivity contribution in [2.45, 2.75) is 6.10 Å². The van der Waals surface area contributed by atoms with Crippen molar-refractivity contribution < 1.29 is 19.3 Å². The Kier molecular flexibility index (Phi) is 7.05. The van der Waals surface area contributed by atoms with Gasteiger partial charge < -0.3 is 19.3 Å². The average Bonchev–Trinajstić information content (AvgIpc) is 2.46. The first-order valence-corrected chi connectivity index (χ1v) is 7.20. The van der Waals surface area contributed by atoms with E-state index in [0.717, 1.165) is 59.2 Å². The van der Waals surface area contributed by atoms with Gasteiger partial charge in [0.2, 0.25) is 0 Å². The molecule has 6 nitrogen and oxygen atoms in total. The van der Waals surface area contributed by atoms with Crippen LogP contribution < -0.4 is 0 Å². The molecule has 0 amide bonds. The number of rotatable bonds is 7. The molecule has 2 saturated heterocycles. The normalized spacial score (nSPS) is 24.5. The van der Waals surface area contributed by atoms with E-state index in [1.165, 1.54) is 0 Å². The van der Waals surface area contributed by atoms with E-state index in [2.05, 4.69) is 9.80 Å². The first-order valence-electron chi connectivity index (χ1n) is 7.20. The van der Waals surface area contributed by atoms with E-state index >= 15 is 0 Å². The van der Waals surface area contributed by atoms with Gasteiger partial charge in [0, 0.05) is 39.3 Å². The van der Waals surface area contributed by atoms with Gasteiger partial charge in [-0.15, -0.1) is 0 Å². The van der Waals surface area contributed by atoms with Gasteiger partial charge in [0.05, 0.1) is 45.7 Å². The van der Waals surface area contributed by atoms with Crippen molar-refractivity contribution in [1.82, 2.24) is 9.80 Å². The van der Waals surface area contributed by atoms with Crippen molar-refractivity contribution >= 4 is 0 Å². The molecule has 2 rings (SSSR count). The summed E-state index contributed by atoms with van der Waals surface area (Å²) in [5.74, 6) is 0. The van der Waals surface area contributed by atoms with E-state index in [-0.39, 0.29) is 0 Å². The lowest BCUT2D eigenvalue weighted by molar-refractivity contribution is -0.0230. The Bertz CT molecular complexity index is 231. The molecule has 6 heteroatoms. The van der Waals surface area contributed by atoms with Crippen molar-refractivity contribution in [3.05, 3.63) is 0 Å². The molecule has 0 saturated carbocycles. The van der Waals surface area contributed by atoms with Crippen molar-refractivity contribution in [1.29, 1.82) is 0 Å². The Morgan fingerprint density at radius 3 is 2.16 bits per heavy atom. The molecule has 2 aliphatic rings. The smallest absolute Gasteiger partial charge is 0.0900 e. The topological polar surface area (TPSA) is 54.4 Å². The van der Waals surface area contributed by atoms with Gasteiger partial charge in [-0.25, -0.2) is 0 Å². The lowest BCUT2D eigenvalue weighted by Gasteiger charge is -2.29. The molecule has 0 aromatic heterocycles. The van der Waals surface area contributed by atoms with Crippen LogP contribution in [0.25, 0.3) is 0 Å². The second-order valence-electron chi connectivity index (χ2n) is 5.10. The second kappa shape index (κ2) is 8.84. The molecule has 0 aromatic carbocycles. The summed E-state index contributed by atoms with van der Waals surface area (Å²) in [4.78, 5) is 4.55. The molecule has 112 valence electrons. The van der Waals surface area contributed by atoms with Crippen molar-refractivity contribution in [3.63, 3.8) is 0 Å². The summed E-state index contributed by atoms with van der Waals surface area (Å²) in [6.07, 6.45) is -0.400. The van der Waals surface area contributed by atoms with Crippen LogP contribution in [-0.4, -0.2) is 99.9 Å². The van der Waals surface area contributed by atoms with Crippen LogP contribution in [0.2, 0.25) is 0 Å². The number of morpholine rings is 2. The summed E-state index contributed by atoms with van der Waals surface area (Å²) in [6, 6.07) is 0. The van der Waals surface area contributed by atoms with Crippen LogP contribution >= 0.6 is 0 Å². The minimum Gasteiger partial charge on any atom is -0.389 e. The molecular formula is C13H26N2O4. The van der Waals surface area contributed by atoms with E-state index in [1.54, 1.807) is 0 Å². The number of aliphatic hydroxyl groups is 1. The second-order valence-corrected chi connectivity index (χ2v) is 5.10. The van der Waals surface area contributed by atoms with Crippen LogP contribution in [0, 0.1) is 0 Å². The molecule has 0 unspecified atom stereocenters. The van der Waals surface area contributed by atoms with Gasteiger partial charge in [0.25, 0.3) is 0 Å². The molecule has 0 spiro atoms. The number of aliphatic hydroxyl groups excluding tert-OH is 1. The first kappa shape index (κ1) is 15.2. The molecule has 2 aliphatic heterocycles. The van der Waals surface area contributed by atoms with Gasteiger partial charge >= 0.3 is 0 Å². The van der Waals surface area contributed by atoms with Crippen LogP contribution in [0.5, 0.6) is 0 Å². The van der Waals surface area contributed by atoms with Crippen LogP contribution in [0.1, 0.15) is 0 Å². The fourth-order valence-electron chi connectivity index (χ4n) is 2.37. The average molecular weight is 274 g/mol. The first-order chi connectivity index (χ1) is 9.34. The zero-order valence-corrected chi connectivity index (χ0v) is 11.6. The van der Waals surface area contributed by atoms with Gasteiger partial charge in [-0.3, -0.25) is 9.80 Å². The van der Waals surface area contributed by atoms with Crippen LogP contribution in [0.15, 0.2) is 0 Å². The predicted octanol–water partition coefficient (Wildman–Crippen LogP) is -0.972. The zero-order chi connectivity index (χ0) is 13.3. The SMILES string of the molecule is O[C@@H](COCCN1CCOCC1)CN1CCOCC1. The highest BCUT2D eigenvalue weighted by atomic mass is 16.5. The fraction of sp³-hybridized carbons (Fsp3) is 1.00. The monoisotopic (exact) mass is 274 g/mol. The third-order valence-electron chi connectivity index (χ3n) is 3.54. The predicted molar refractivity (Wildman–Crippen MR) is 71.3 cm³/mol. The molecular weight excluding hydrogens is 248 g/mol. The van der Waals surface area contributed by atoms with Gasteiger partial charge in [-0.2, -0.15) is 0 Å². The Hall–Kier alpha value is -0.240. The summed E-state index contributed by atoms with van der Waals surface area (Å²) < 4.78 is 16.1. The Morgan fingerprint density at radius 1 is 0.947 bits per heavy atom. The summed E-state index contributed by atoms with van der Waals surface area (Å²) in [5, 5.41) is 9.90. The molecule has 1 atom stereocenters. The van der Waals surface area contributed by atoms with Crippen LogP contribution in [0.3, 0.4) is 0 Å². The van der Waals surface area contributed by atoms with Gasteiger partial charge in [0.15, 0.2) is 0 Å². The van der Waals surface area contributed by atoms with Gasteiger partial charge in [-0.05, 0) is 0 Å². The third kappa shape index (κ3) is 6.16. The van der Waals surface area contributed by atoms with E-state index in [9.17, 15) is 5.11 Å². The Balaban J connectivity index is 1.47. The lowest BCUT2D eigenvalue weighted by atomic mass is 10.3. The fourth-order valence-corrected chi connectivity index (χ4v) is 2.37. The van der Waals surface area contributed by atoms with E-state index in [1.807, 2.05) is 0 Å². The summed E-state index contributed by atoms with van der Waals surface area (Å²) in [7, 11) is 0. The summed E-state index contributed by atoms with van der Waals surface area (Å²) in [5.41, 5.74) is 0.